The maximum atomic E-state index is 10.7. The van der Waals surface area contributed by atoms with Crippen molar-refractivity contribution < 1.29 is 9.84 Å². The van der Waals surface area contributed by atoms with Crippen molar-refractivity contribution in [3.8, 4) is 5.75 Å². The molecule has 2 heterocycles. The fourth-order valence-electron chi connectivity index (χ4n) is 5.45. The third-order valence-corrected chi connectivity index (χ3v) is 7.40. The summed E-state index contributed by atoms with van der Waals surface area (Å²) in [7, 11) is 1.97. The molecule has 0 bridgehead atoms. The van der Waals surface area contributed by atoms with Gasteiger partial charge < -0.3 is 20.1 Å². The molecule has 4 heteroatoms. The van der Waals surface area contributed by atoms with Crippen LogP contribution in [0.5, 0.6) is 5.75 Å². The maximum absolute atomic E-state index is 10.7. The second-order valence-corrected chi connectivity index (χ2v) is 9.38. The molecule has 0 amide bonds. The number of rotatable bonds is 7. The molecule has 2 aromatic rings. The van der Waals surface area contributed by atoms with Crippen LogP contribution < -0.4 is 5.32 Å². The minimum Gasteiger partial charge on any atom is -0.507 e. The van der Waals surface area contributed by atoms with Gasteiger partial charge in [-0.2, -0.15) is 0 Å². The summed E-state index contributed by atoms with van der Waals surface area (Å²) in [6, 6.07) is 15.1. The van der Waals surface area contributed by atoms with Crippen LogP contribution in [0.3, 0.4) is 0 Å². The van der Waals surface area contributed by atoms with E-state index in [-0.39, 0.29) is 12.2 Å². The summed E-state index contributed by atoms with van der Waals surface area (Å²) in [5.74, 6) is 1.63. The van der Waals surface area contributed by atoms with Crippen molar-refractivity contribution in [2.24, 2.45) is 5.92 Å². The average Bonchev–Trinajstić information content (AvgIpc) is 2.81. The highest BCUT2D eigenvalue weighted by Crippen LogP contribution is 2.40. The topological polar surface area (TPSA) is 44.7 Å². The molecule has 1 fully saturated rings. The SMILES string of the molecule is CCC(CN1CCC([C@@H]2Cc3c(ccc(C)c3O)[C@H](CNC)O2)CC1)c1ccccc1. The zero-order valence-electron chi connectivity index (χ0n) is 19.3. The molecule has 4 nitrogen and oxygen atoms in total. The lowest BCUT2D eigenvalue weighted by Crippen LogP contribution is -2.43. The number of piperidine rings is 1. The molecular weight excluding hydrogens is 384 g/mol. The maximum Gasteiger partial charge on any atom is 0.122 e. The largest absolute Gasteiger partial charge is 0.507 e. The molecule has 31 heavy (non-hydrogen) atoms. The molecule has 2 N–H and O–H groups in total. The number of aryl methyl sites for hydroxylation is 1. The summed E-state index contributed by atoms with van der Waals surface area (Å²) >= 11 is 0. The molecular formula is C27H38N2O2. The van der Waals surface area contributed by atoms with Gasteiger partial charge in [-0.05, 0) is 74.8 Å². The van der Waals surface area contributed by atoms with Gasteiger partial charge >= 0.3 is 0 Å². The van der Waals surface area contributed by atoms with E-state index in [1.165, 1.54) is 24.8 Å². The van der Waals surface area contributed by atoms with Gasteiger partial charge in [-0.3, -0.25) is 0 Å². The van der Waals surface area contributed by atoms with Gasteiger partial charge in [-0.15, -0.1) is 0 Å². The fraction of sp³-hybridized carbons (Fsp3) is 0.556. The second kappa shape index (κ2) is 10.2. The molecule has 0 radical (unpaired) electrons. The van der Waals surface area contributed by atoms with Crippen LogP contribution in [0.1, 0.15) is 60.5 Å². The molecule has 2 aliphatic heterocycles. The van der Waals surface area contributed by atoms with Crippen molar-refractivity contribution in [1.29, 1.82) is 0 Å². The summed E-state index contributed by atoms with van der Waals surface area (Å²) in [4.78, 5) is 2.64. The number of aromatic hydroxyl groups is 1. The number of fused-ring (bicyclic) bond motifs is 1. The van der Waals surface area contributed by atoms with E-state index in [1.807, 2.05) is 20.0 Å². The van der Waals surface area contributed by atoms with E-state index in [9.17, 15) is 5.11 Å². The normalized spacial score (nSPS) is 23.5. The smallest absolute Gasteiger partial charge is 0.122 e. The highest BCUT2D eigenvalue weighted by Gasteiger charge is 2.35. The minimum absolute atomic E-state index is 0.0193. The van der Waals surface area contributed by atoms with E-state index >= 15 is 0 Å². The minimum atomic E-state index is 0.0193. The van der Waals surface area contributed by atoms with Crippen LogP contribution in [0.2, 0.25) is 0 Å². The van der Waals surface area contributed by atoms with Crippen molar-refractivity contribution >= 4 is 0 Å². The standard InChI is InChI=1S/C27H38N2O2/c1-4-20(21-8-6-5-7-9-21)18-29-14-12-22(13-15-29)25-16-24-23(26(31-25)17-28-3)11-10-19(2)27(24)30/h5-11,20,22,25-26,28,30H,4,12-18H2,1-3H3/t20?,25-,26-/m0/s1. The summed E-state index contributed by atoms with van der Waals surface area (Å²) in [6.45, 7) is 8.48. The van der Waals surface area contributed by atoms with Gasteiger partial charge in [0.25, 0.3) is 0 Å². The lowest BCUT2D eigenvalue weighted by Gasteiger charge is -2.41. The van der Waals surface area contributed by atoms with Gasteiger partial charge in [-0.25, -0.2) is 0 Å². The van der Waals surface area contributed by atoms with Crippen molar-refractivity contribution in [3.05, 3.63) is 64.7 Å². The number of likely N-dealkylation sites (N-methyl/N-ethyl adjacent to an activating group) is 1. The Balaban J connectivity index is 1.40. The monoisotopic (exact) mass is 422 g/mol. The van der Waals surface area contributed by atoms with Crippen molar-refractivity contribution in [2.75, 3.05) is 33.2 Å². The van der Waals surface area contributed by atoms with Gasteiger partial charge in [-0.1, -0.05) is 49.4 Å². The molecule has 2 aromatic carbocycles. The fourth-order valence-corrected chi connectivity index (χ4v) is 5.45. The molecule has 1 unspecified atom stereocenters. The van der Waals surface area contributed by atoms with E-state index < -0.39 is 0 Å². The number of likely N-dealkylation sites (tertiary alicyclic amines) is 1. The first kappa shape index (κ1) is 22.3. The average molecular weight is 423 g/mol. The van der Waals surface area contributed by atoms with Crippen molar-refractivity contribution in [3.63, 3.8) is 0 Å². The highest BCUT2D eigenvalue weighted by molar-refractivity contribution is 5.47. The Bertz CT molecular complexity index is 846. The van der Waals surface area contributed by atoms with E-state index in [2.05, 4.69) is 53.5 Å². The third-order valence-electron chi connectivity index (χ3n) is 7.40. The van der Waals surface area contributed by atoms with E-state index in [0.29, 0.717) is 17.6 Å². The van der Waals surface area contributed by atoms with Crippen LogP contribution in [0.15, 0.2) is 42.5 Å². The lowest BCUT2D eigenvalue weighted by atomic mass is 9.82. The molecule has 2 aliphatic rings. The molecule has 0 spiro atoms. The predicted molar refractivity (Wildman–Crippen MR) is 127 cm³/mol. The number of phenols is 1. The number of nitrogens with zero attached hydrogens (tertiary/aromatic N) is 1. The Morgan fingerprint density at radius 2 is 1.87 bits per heavy atom. The number of hydrogen-bond donors (Lipinski definition) is 2. The van der Waals surface area contributed by atoms with Crippen LogP contribution in [-0.2, 0) is 11.2 Å². The Kier molecular flexibility index (Phi) is 7.31. The van der Waals surface area contributed by atoms with Crippen LogP contribution in [0, 0.1) is 12.8 Å². The van der Waals surface area contributed by atoms with E-state index in [0.717, 1.165) is 49.3 Å². The zero-order valence-corrected chi connectivity index (χ0v) is 19.3. The van der Waals surface area contributed by atoms with Crippen LogP contribution in [-0.4, -0.2) is 49.3 Å². The molecule has 3 atom stereocenters. The zero-order chi connectivity index (χ0) is 21.8. The third kappa shape index (κ3) is 4.97. The highest BCUT2D eigenvalue weighted by atomic mass is 16.5. The predicted octanol–water partition coefficient (Wildman–Crippen LogP) is 4.81. The van der Waals surface area contributed by atoms with Crippen LogP contribution in [0.25, 0.3) is 0 Å². The first-order valence-electron chi connectivity index (χ1n) is 12.0. The van der Waals surface area contributed by atoms with Crippen molar-refractivity contribution in [1.82, 2.24) is 10.2 Å². The van der Waals surface area contributed by atoms with Gasteiger partial charge in [0.1, 0.15) is 5.75 Å². The summed E-state index contributed by atoms with van der Waals surface area (Å²) < 4.78 is 6.60. The first-order chi connectivity index (χ1) is 15.1. The Morgan fingerprint density at radius 1 is 1.13 bits per heavy atom. The molecule has 168 valence electrons. The number of phenolic OH excluding ortho intramolecular Hbond substituents is 1. The van der Waals surface area contributed by atoms with Crippen molar-refractivity contribution in [2.45, 2.75) is 57.7 Å². The number of ether oxygens (including phenoxy) is 1. The Labute approximate surface area is 187 Å². The van der Waals surface area contributed by atoms with Gasteiger partial charge in [0.05, 0.1) is 12.2 Å². The molecule has 0 saturated carbocycles. The Hall–Kier alpha value is -1.88. The van der Waals surface area contributed by atoms with Gasteiger partial charge in [0.2, 0.25) is 0 Å². The first-order valence-corrected chi connectivity index (χ1v) is 12.0. The quantitative estimate of drug-likeness (QED) is 0.672. The number of hydrogen-bond acceptors (Lipinski definition) is 4. The number of nitrogens with one attached hydrogen (secondary N) is 1. The summed E-state index contributed by atoms with van der Waals surface area (Å²) in [5, 5.41) is 14.0. The molecule has 4 rings (SSSR count). The van der Waals surface area contributed by atoms with E-state index in [1.54, 1.807) is 0 Å². The molecule has 0 aliphatic carbocycles. The summed E-state index contributed by atoms with van der Waals surface area (Å²) in [5.41, 5.74) is 4.68. The second-order valence-electron chi connectivity index (χ2n) is 9.38. The Morgan fingerprint density at radius 3 is 2.55 bits per heavy atom. The van der Waals surface area contributed by atoms with Gasteiger partial charge in [0, 0.05) is 25.1 Å². The van der Waals surface area contributed by atoms with Crippen LogP contribution >= 0.6 is 0 Å². The lowest BCUT2D eigenvalue weighted by molar-refractivity contribution is -0.0672. The molecule has 1 saturated heterocycles. The summed E-state index contributed by atoms with van der Waals surface area (Å²) in [6.07, 6.45) is 4.56. The van der Waals surface area contributed by atoms with E-state index in [4.69, 9.17) is 4.74 Å². The van der Waals surface area contributed by atoms with Crippen LogP contribution in [0.4, 0.5) is 0 Å². The molecule has 0 aromatic heterocycles. The number of benzene rings is 2. The van der Waals surface area contributed by atoms with Gasteiger partial charge in [0.15, 0.2) is 0 Å².